The Morgan fingerprint density at radius 2 is 2.18 bits per heavy atom. The van der Waals surface area contributed by atoms with E-state index in [1.54, 1.807) is 0 Å². The third kappa shape index (κ3) is 4.90. The Morgan fingerprint density at radius 3 is 2.82 bits per heavy atom. The number of carbonyl (C=O) groups is 1. The summed E-state index contributed by atoms with van der Waals surface area (Å²) in [5, 5.41) is 2.89. The lowest BCUT2D eigenvalue weighted by Gasteiger charge is -2.37. The van der Waals surface area contributed by atoms with Gasteiger partial charge in [-0.3, -0.25) is 0 Å². The molecule has 5 nitrogen and oxygen atoms in total. The molecule has 1 amide bonds. The van der Waals surface area contributed by atoms with Gasteiger partial charge in [0.05, 0.1) is 0 Å². The minimum absolute atomic E-state index is 0.275. The van der Waals surface area contributed by atoms with Crippen molar-refractivity contribution in [3.8, 4) is 0 Å². The molecule has 0 unspecified atom stereocenters. The molecule has 5 heteroatoms. The van der Waals surface area contributed by atoms with Crippen LogP contribution in [0.1, 0.15) is 45.6 Å². The third-order valence-corrected chi connectivity index (χ3v) is 3.70. The van der Waals surface area contributed by atoms with E-state index in [1.807, 2.05) is 33.9 Å². The molecular formula is C17H27N3O2. The van der Waals surface area contributed by atoms with E-state index in [0.29, 0.717) is 6.54 Å². The van der Waals surface area contributed by atoms with Crippen LogP contribution in [0.4, 0.5) is 10.6 Å². The Kier molecular flexibility index (Phi) is 5.27. The summed E-state index contributed by atoms with van der Waals surface area (Å²) in [6.07, 6.45) is 4.95. The minimum Gasteiger partial charge on any atom is -0.444 e. The summed E-state index contributed by atoms with van der Waals surface area (Å²) in [5.41, 5.74) is 0.693. The first kappa shape index (κ1) is 16.6. The Hall–Kier alpha value is -1.78. The number of aromatic nitrogens is 1. The molecule has 2 rings (SSSR count). The van der Waals surface area contributed by atoms with E-state index in [0.717, 1.165) is 24.3 Å². The second-order valence-electron chi connectivity index (χ2n) is 6.92. The van der Waals surface area contributed by atoms with Crippen molar-refractivity contribution in [3.63, 3.8) is 0 Å². The number of pyridine rings is 1. The number of hydrogen-bond acceptors (Lipinski definition) is 4. The molecule has 0 spiro atoms. The molecule has 1 aromatic heterocycles. The SMILES string of the molecule is Cc1ccc(N2CCCC[C@H]2CNC(=O)OC(C)(C)C)nc1. The number of piperidine rings is 1. The number of aryl methyl sites for hydroxylation is 1. The zero-order chi connectivity index (χ0) is 16.2. The highest BCUT2D eigenvalue weighted by atomic mass is 16.6. The van der Waals surface area contributed by atoms with Gasteiger partial charge in [0, 0.05) is 25.3 Å². The number of nitrogens with zero attached hydrogens (tertiary/aromatic N) is 2. The Morgan fingerprint density at radius 1 is 1.41 bits per heavy atom. The van der Waals surface area contributed by atoms with E-state index < -0.39 is 5.60 Å². The highest BCUT2D eigenvalue weighted by molar-refractivity contribution is 5.67. The number of hydrogen-bond donors (Lipinski definition) is 1. The molecule has 1 fully saturated rings. The van der Waals surface area contributed by atoms with Gasteiger partial charge in [-0.05, 0) is 58.6 Å². The van der Waals surface area contributed by atoms with Crippen LogP contribution in [0.3, 0.4) is 0 Å². The van der Waals surface area contributed by atoms with E-state index in [4.69, 9.17) is 4.74 Å². The van der Waals surface area contributed by atoms with Crippen LogP contribution in [0.15, 0.2) is 18.3 Å². The fraction of sp³-hybridized carbons (Fsp3) is 0.647. The number of carbonyl (C=O) groups excluding carboxylic acids is 1. The first-order valence-corrected chi connectivity index (χ1v) is 8.01. The monoisotopic (exact) mass is 305 g/mol. The summed E-state index contributed by atoms with van der Waals surface area (Å²) in [6.45, 7) is 9.22. The topological polar surface area (TPSA) is 54.5 Å². The molecule has 0 aromatic carbocycles. The Balaban J connectivity index is 1.95. The number of alkyl carbamates (subject to hydrolysis) is 1. The lowest BCUT2D eigenvalue weighted by Crippen LogP contribution is -2.48. The summed E-state index contributed by atoms with van der Waals surface area (Å²) in [4.78, 5) is 18.6. The number of anilines is 1. The number of nitrogens with one attached hydrogen (secondary N) is 1. The van der Waals surface area contributed by atoms with Crippen molar-refractivity contribution >= 4 is 11.9 Å². The van der Waals surface area contributed by atoms with Gasteiger partial charge >= 0.3 is 6.09 Å². The molecule has 1 saturated heterocycles. The van der Waals surface area contributed by atoms with Crippen molar-refractivity contribution in [2.75, 3.05) is 18.0 Å². The zero-order valence-corrected chi connectivity index (χ0v) is 14.1. The van der Waals surface area contributed by atoms with Crippen molar-refractivity contribution in [2.24, 2.45) is 0 Å². The molecule has 0 aliphatic carbocycles. The highest BCUT2D eigenvalue weighted by Gasteiger charge is 2.25. The number of rotatable bonds is 3. The molecule has 1 N–H and O–H groups in total. The van der Waals surface area contributed by atoms with Crippen molar-refractivity contribution in [1.82, 2.24) is 10.3 Å². The van der Waals surface area contributed by atoms with Crippen molar-refractivity contribution in [2.45, 2.75) is 58.6 Å². The molecule has 0 bridgehead atoms. The lowest BCUT2D eigenvalue weighted by molar-refractivity contribution is 0.0523. The molecule has 122 valence electrons. The van der Waals surface area contributed by atoms with Crippen LogP contribution < -0.4 is 10.2 Å². The van der Waals surface area contributed by atoms with E-state index in [-0.39, 0.29) is 12.1 Å². The van der Waals surface area contributed by atoms with Crippen LogP contribution in [-0.4, -0.2) is 35.8 Å². The molecule has 22 heavy (non-hydrogen) atoms. The van der Waals surface area contributed by atoms with E-state index >= 15 is 0 Å². The second-order valence-corrected chi connectivity index (χ2v) is 6.92. The standard InChI is InChI=1S/C17H27N3O2/c1-13-8-9-15(18-11-13)20-10-6-5-7-14(20)12-19-16(21)22-17(2,3)4/h8-9,11,14H,5-7,10,12H2,1-4H3,(H,19,21)/t14-/m0/s1. The van der Waals surface area contributed by atoms with Crippen LogP contribution >= 0.6 is 0 Å². The van der Waals surface area contributed by atoms with Crippen LogP contribution in [-0.2, 0) is 4.74 Å². The zero-order valence-electron chi connectivity index (χ0n) is 14.1. The first-order chi connectivity index (χ1) is 10.3. The second kappa shape index (κ2) is 6.99. The summed E-state index contributed by atoms with van der Waals surface area (Å²) in [6, 6.07) is 4.41. The maximum atomic E-state index is 11.8. The maximum absolute atomic E-state index is 11.8. The highest BCUT2D eigenvalue weighted by Crippen LogP contribution is 2.23. The Labute approximate surface area is 133 Å². The fourth-order valence-corrected chi connectivity index (χ4v) is 2.66. The molecule has 1 aliphatic rings. The first-order valence-electron chi connectivity index (χ1n) is 8.01. The van der Waals surface area contributed by atoms with Crippen LogP contribution in [0.2, 0.25) is 0 Å². The summed E-state index contributed by atoms with van der Waals surface area (Å²) >= 11 is 0. The molecule has 2 heterocycles. The quantitative estimate of drug-likeness (QED) is 0.931. The molecule has 1 aromatic rings. The number of ether oxygens (including phenoxy) is 1. The van der Waals surface area contributed by atoms with Gasteiger partial charge in [0.2, 0.25) is 0 Å². The van der Waals surface area contributed by atoms with Crippen LogP contribution in [0.25, 0.3) is 0 Å². The average Bonchev–Trinajstić information content (AvgIpc) is 2.45. The van der Waals surface area contributed by atoms with E-state index in [2.05, 4.69) is 27.3 Å². The number of amides is 1. The van der Waals surface area contributed by atoms with Gasteiger partial charge < -0.3 is 15.0 Å². The molecular weight excluding hydrogens is 278 g/mol. The van der Waals surface area contributed by atoms with Gasteiger partial charge in [0.15, 0.2) is 0 Å². The third-order valence-electron chi connectivity index (χ3n) is 3.70. The normalized spacial score (nSPS) is 18.9. The van der Waals surface area contributed by atoms with Crippen molar-refractivity contribution in [1.29, 1.82) is 0 Å². The largest absolute Gasteiger partial charge is 0.444 e. The predicted octanol–water partition coefficient (Wildman–Crippen LogP) is 3.27. The predicted molar refractivity (Wildman–Crippen MR) is 88.2 cm³/mol. The van der Waals surface area contributed by atoms with Gasteiger partial charge in [-0.15, -0.1) is 0 Å². The lowest BCUT2D eigenvalue weighted by atomic mass is 10.0. The van der Waals surface area contributed by atoms with Crippen molar-refractivity contribution in [3.05, 3.63) is 23.9 Å². The van der Waals surface area contributed by atoms with Gasteiger partial charge in [-0.25, -0.2) is 9.78 Å². The average molecular weight is 305 g/mol. The fourth-order valence-electron chi connectivity index (χ4n) is 2.66. The molecule has 1 aliphatic heterocycles. The molecule has 0 radical (unpaired) electrons. The summed E-state index contributed by atoms with van der Waals surface area (Å²) in [5.74, 6) is 0.987. The summed E-state index contributed by atoms with van der Waals surface area (Å²) < 4.78 is 5.30. The van der Waals surface area contributed by atoms with Gasteiger partial charge in [0.1, 0.15) is 11.4 Å². The van der Waals surface area contributed by atoms with E-state index in [1.165, 1.54) is 12.8 Å². The smallest absolute Gasteiger partial charge is 0.407 e. The molecule has 0 saturated carbocycles. The minimum atomic E-state index is -0.463. The Bertz CT molecular complexity index is 494. The van der Waals surface area contributed by atoms with Crippen molar-refractivity contribution < 1.29 is 9.53 Å². The summed E-state index contributed by atoms with van der Waals surface area (Å²) in [7, 11) is 0. The maximum Gasteiger partial charge on any atom is 0.407 e. The van der Waals surface area contributed by atoms with Crippen LogP contribution in [0, 0.1) is 6.92 Å². The van der Waals surface area contributed by atoms with E-state index in [9.17, 15) is 4.79 Å². The van der Waals surface area contributed by atoms with Crippen LogP contribution in [0.5, 0.6) is 0 Å². The van der Waals surface area contributed by atoms with Gasteiger partial charge in [0.25, 0.3) is 0 Å². The molecule has 1 atom stereocenters. The van der Waals surface area contributed by atoms with Gasteiger partial charge in [-0.2, -0.15) is 0 Å². The van der Waals surface area contributed by atoms with Gasteiger partial charge in [-0.1, -0.05) is 6.07 Å².